The van der Waals surface area contributed by atoms with Crippen molar-refractivity contribution in [1.82, 2.24) is 4.90 Å². The van der Waals surface area contributed by atoms with Crippen LogP contribution in [0.1, 0.15) is 5.56 Å². The summed E-state index contributed by atoms with van der Waals surface area (Å²) in [6.45, 7) is 2.27. The van der Waals surface area contributed by atoms with Crippen molar-refractivity contribution in [2.24, 2.45) is 0 Å². The molecule has 0 bridgehead atoms. The van der Waals surface area contributed by atoms with Crippen molar-refractivity contribution in [2.45, 2.75) is 6.54 Å². The lowest BCUT2D eigenvalue weighted by Gasteiger charge is -2.26. The van der Waals surface area contributed by atoms with Crippen LogP contribution in [0, 0.1) is 15.9 Å². The summed E-state index contributed by atoms with van der Waals surface area (Å²) >= 11 is 1.88. The molecule has 0 atom stereocenters. The van der Waals surface area contributed by atoms with Crippen molar-refractivity contribution in [3.8, 4) is 0 Å². The largest absolute Gasteiger partial charge is 0.305 e. The highest BCUT2D eigenvalue weighted by atomic mass is 32.2. The third kappa shape index (κ3) is 2.95. The molecule has 92 valence electrons. The van der Waals surface area contributed by atoms with Gasteiger partial charge in [-0.15, -0.1) is 0 Å². The molecule has 0 unspecified atom stereocenters. The lowest BCUT2D eigenvalue weighted by atomic mass is 10.1. The Kier molecular flexibility index (Phi) is 3.96. The molecule has 0 amide bonds. The first-order valence-corrected chi connectivity index (χ1v) is 6.56. The molecule has 1 heterocycles. The first-order valence-electron chi connectivity index (χ1n) is 5.40. The third-order valence-electron chi connectivity index (χ3n) is 2.75. The van der Waals surface area contributed by atoms with Gasteiger partial charge in [-0.25, -0.2) is 0 Å². The van der Waals surface area contributed by atoms with Crippen LogP contribution in [0.15, 0.2) is 18.2 Å². The molecule has 0 saturated carbocycles. The van der Waals surface area contributed by atoms with E-state index in [1.54, 1.807) is 6.07 Å². The Morgan fingerprint density at radius 1 is 1.41 bits per heavy atom. The quantitative estimate of drug-likeness (QED) is 0.615. The van der Waals surface area contributed by atoms with E-state index in [9.17, 15) is 14.5 Å². The van der Waals surface area contributed by atoms with Crippen LogP contribution in [0.4, 0.5) is 10.1 Å². The number of thioether (sulfide) groups is 1. The number of benzene rings is 1. The van der Waals surface area contributed by atoms with Crippen LogP contribution < -0.4 is 0 Å². The van der Waals surface area contributed by atoms with Gasteiger partial charge in [0.1, 0.15) is 0 Å². The normalized spacial score (nSPS) is 17.0. The van der Waals surface area contributed by atoms with Gasteiger partial charge in [-0.1, -0.05) is 12.1 Å². The molecule has 0 N–H and O–H groups in total. The summed E-state index contributed by atoms with van der Waals surface area (Å²) in [5.74, 6) is 1.38. The summed E-state index contributed by atoms with van der Waals surface area (Å²) in [5, 5.41) is 10.6. The monoisotopic (exact) mass is 256 g/mol. The standard InChI is InChI=1S/C11H13FN2O2S/c12-11-9(2-1-3-10(11)14(15)16)8-13-4-6-17-7-5-13/h1-3H,4-8H2. The molecule has 17 heavy (non-hydrogen) atoms. The fraction of sp³-hybridized carbons (Fsp3) is 0.455. The van der Waals surface area contributed by atoms with Crippen molar-refractivity contribution in [3.63, 3.8) is 0 Å². The lowest BCUT2D eigenvalue weighted by molar-refractivity contribution is -0.387. The molecule has 6 heteroatoms. The van der Waals surface area contributed by atoms with Crippen LogP contribution in [0.25, 0.3) is 0 Å². The topological polar surface area (TPSA) is 46.4 Å². The number of nitro benzene ring substituents is 1. The Bertz CT molecular complexity index is 422. The minimum absolute atomic E-state index is 0.408. The second kappa shape index (κ2) is 5.46. The highest BCUT2D eigenvalue weighted by Crippen LogP contribution is 2.22. The summed E-state index contributed by atoms with van der Waals surface area (Å²) in [4.78, 5) is 12.1. The Balaban J connectivity index is 2.15. The van der Waals surface area contributed by atoms with Gasteiger partial charge in [-0.3, -0.25) is 15.0 Å². The number of rotatable bonds is 3. The number of hydrogen-bond donors (Lipinski definition) is 0. The molecule has 0 radical (unpaired) electrons. The summed E-state index contributed by atoms with van der Waals surface area (Å²) in [7, 11) is 0. The maximum atomic E-state index is 13.8. The van der Waals surface area contributed by atoms with E-state index >= 15 is 0 Å². The van der Waals surface area contributed by atoms with E-state index in [0.29, 0.717) is 12.1 Å². The van der Waals surface area contributed by atoms with Crippen LogP contribution >= 0.6 is 11.8 Å². The highest BCUT2D eigenvalue weighted by molar-refractivity contribution is 7.99. The van der Waals surface area contributed by atoms with E-state index in [4.69, 9.17) is 0 Å². The van der Waals surface area contributed by atoms with E-state index < -0.39 is 16.4 Å². The van der Waals surface area contributed by atoms with Gasteiger partial charge in [0.2, 0.25) is 5.82 Å². The second-order valence-corrected chi connectivity index (χ2v) is 5.12. The van der Waals surface area contributed by atoms with E-state index in [0.717, 1.165) is 24.6 Å². The molecule has 1 saturated heterocycles. The fourth-order valence-corrected chi connectivity index (χ4v) is 2.81. The third-order valence-corrected chi connectivity index (χ3v) is 3.70. The van der Waals surface area contributed by atoms with Crippen LogP contribution in [0.2, 0.25) is 0 Å². The van der Waals surface area contributed by atoms with Crippen molar-refractivity contribution in [1.29, 1.82) is 0 Å². The van der Waals surface area contributed by atoms with Crippen LogP contribution in [0.3, 0.4) is 0 Å². The predicted octanol–water partition coefficient (Wildman–Crippen LogP) is 2.28. The highest BCUT2D eigenvalue weighted by Gasteiger charge is 2.19. The molecule has 2 rings (SSSR count). The lowest BCUT2D eigenvalue weighted by Crippen LogP contribution is -2.32. The van der Waals surface area contributed by atoms with Gasteiger partial charge in [-0.2, -0.15) is 16.2 Å². The fourth-order valence-electron chi connectivity index (χ4n) is 1.83. The Morgan fingerprint density at radius 2 is 2.12 bits per heavy atom. The maximum absolute atomic E-state index is 13.8. The first kappa shape index (κ1) is 12.3. The summed E-state index contributed by atoms with van der Waals surface area (Å²) < 4.78 is 13.8. The van der Waals surface area contributed by atoms with E-state index in [-0.39, 0.29) is 0 Å². The van der Waals surface area contributed by atoms with Gasteiger partial charge in [0.25, 0.3) is 0 Å². The SMILES string of the molecule is O=[N+]([O-])c1cccc(CN2CCSCC2)c1F. The van der Waals surface area contributed by atoms with Gasteiger partial charge in [0.15, 0.2) is 0 Å². The summed E-state index contributed by atoms with van der Waals surface area (Å²) in [5.41, 5.74) is -0.0278. The Morgan fingerprint density at radius 3 is 2.76 bits per heavy atom. The molecule has 0 aromatic heterocycles. The zero-order valence-electron chi connectivity index (χ0n) is 9.26. The Labute approximate surface area is 103 Å². The molecule has 0 spiro atoms. The van der Waals surface area contributed by atoms with Crippen molar-refractivity contribution >= 4 is 17.4 Å². The van der Waals surface area contributed by atoms with Crippen LogP contribution in [0.5, 0.6) is 0 Å². The van der Waals surface area contributed by atoms with E-state index in [1.807, 2.05) is 11.8 Å². The molecule has 4 nitrogen and oxygen atoms in total. The molecule has 1 aromatic rings. The number of nitro groups is 1. The van der Waals surface area contributed by atoms with Gasteiger partial charge in [-0.05, 0) is 0 Å². The van der Waals surface area contributed by atoms with Gasteiger partial charge in [0.05, 0.1) is 4.92 Å². The summed E-state index contributed by atoms with van der Waals surface area (Å²) in [6.07, 6.45) is 0. The number of nitrogens with zero attached hydrogens (tertiary/aromatic N) is 2. The van der Waals surface area contributed by atoms with Gasteiger partial charge < -0.3 is 0 Å². The molecule has 1 fully saturated rings. The second-order valence-electron chi connectivity index (χ2n) is 3.90. The minimum Gasteiger partial charge on any atom is -0.297 e. The number of hydrogen-bond acceptors (Lipinski definition) is 4. The maximum Gasteiger partial charge on any atom is 0.305 e. The summed E-state index contributed by atoms with van der Waals surface area (Å²) in [6, 6.07) is 4.35. The Hall–Kier alpha value is -1.14. The molecular weight excluding hydrogens is 243 g/mol. The molecule has 0 aliphatic carbocycles. The van der Waals surface area contributed by atoms with Crippen molar-refractivity contribution < 1.29 is 9.31 Å². The minimum atomic E-state index is -0.698. The average molecular weight is 256 g/mol. The smallest absolute Gasteiger partial charge is 0.297 e. The van der Waals surface area contributed by atoms with E-state index in [2.05, 4.69) is 4.90 Å². The van der Waals surface area contributed by atoms with Crippen molar-refractivity contribution in [3.05, 3.63) is 39.7 Å². The van der Waals surface area contributed by atoms with E-state index in [1.165, 1.54) is 12.1 Å². The molecule has 1 aliphatic heterocycles. The molecule has 1 aromatic carbocycles. The van der Waals surface area contributed by atoms with Crippen LogP contribution in [-0.4, -0.2) is 34.4 Å². The first-order chi connectivity index (χ1) is 8.18. The average Bonchev–Trinajstić information content (AvgIpc) is 2.33. The predicted molar refractivity (Wildman–Crippen MR) is 65.7 cm³/mol. The zero-order valence-corrected chi connectivity index (χ0v) is 10.1. The molecular formula is C11H13FN2O2S. The zero-order chi connectivity index (χ0) is 12.3. The molecule has 1 aliphatic rings. The van der Waals surface area contributed by atoms with Gasteiger partial charge in [0, 0.05) is 42.8 Å². The van der Waals surface area contributed by atoms with Crippen LogP contribution in [-0.2, 0) is 6.54 Å². The van der Waals surface area contributed by atoms with Gasteiger partial charge >= 0.3 is 5.69 Å². The van der Waals surface area contributed by atoms with Crippen molar-refractivity contribution in [2.75, 3.05) is 24.6 Å². The number of halogens is 1.